The number of esters is 1. The molecule has 0 rings (SSSR count). The quantitative estimate of drug-likeness (QED) is 0.344. The maximum Gasteiger partial charge on any atom is 0.305 e. The summed E-state index contributed by atoms with van der Waals surface area (Å²) in [6.07, 6.45) is 2.65. The van der Waals surface area contributed by atoms with Crippen LogP contribution >= 0.6 is 0 Å². The van der Waals surface area contributed by atoms with Crippen LogP contribution in [0.2, 0.25) is 0 Å². The summed E-state index contributed by atoms with van der Waals surface area (Å²) in [6, 6.07) is 0. The highest BCUT2D eigenvalue weighted by molar-refractivity contribution is 5.88. The number of ketones is 1. The summed E-state index contributed by atoms with van der Waals surface area (Å²) in [5, 5.41) is 0. The standard InChI is InChI=1S/C9H14O3/c1-3-8(10)6-5-7-12-9(11)4-2/h3H,1,4-7H2,2H3. The lowest BCUT2D eigenvalue weighted by molar-refractivity contribution is -0.143. The van der Waals surface area contributed by atoms with E-state index in [4.69, 9.17) is 4.74 Å². The number of hydrogen-bond acceptors (Lipinski definition) is 3. The van der Waals surface area contributed by atoms with Crippen molar-refractivity contribution < 1.29 is 14.3 Å². The molecule has 0 bridgehead atoms. The van der Waals surface area contributed by atoms with Crippen LogP contribution in [0.1, 0.15) is 26.2 Å². The molecule has 0 N–H and O–H groups in total. The number of carbonyl (C=O) groups excluding carboxylic acids is 2. The third-order valence-electron chi connectivity index (χ3n) is 1.35. The number of ether oxygens (including phenoxy) is 1. The van der Waals surface area contributed by atoms with Gasteiger partial charge in [-0.05, 0) is 12.5 Å². The van der Waals surface area contributed by atoms with E-state index >= 15 is 0 Å². The number of carbonyl (C=O) groups is 2. The van der Waals surface area contributed by atoms with Gasteiger partial charge >= 0.3 is 5.97 Å². The van der Waals surface area contributed by atoms with Crippen LogP contribution in [0, 0.1) is 0 Å². The fourth-order valence-corrected chi connectivity index (χ4v) is 0.637. The molecule has 3 heteroatoms. The van der Waals surface area contributed by atoms with Crippen molar-refractivity contribution in [2.75, 3.05) is 6.61 Å². The zero-order valence-corrected chi connectivity index (χ0v) is 7.34. The maximum atomic E-state index is 10.7. The maximum absolute atomic E-state index is 10.7. The van der Waals surface area contributed by atoms with E-state index in [0.29, 0.717) is 25.9 Å². The molecule has 0 saturated carbocycles. The Morgan fingerprint density at radius 2 is 2.17 bits per heavy atom. The van der Waals surface area contributed by atoms with E-state index in [1.165, 1.54) is 6.08 Å². The molecular formula is C9H14O3. The molecular weight excluding hydrogens is 156 g/mol. The number of hydrogen-bond donors (Lipinski definition) is 0. The van der Waals surface area contributed by atoms with Crippen molar-refractivity contribution >= 4 is 11.8 Å². The molecule has 0 fully saturated rings. The minimum absolute atomic E-state index is 0.0115. The van der Waals surface area contributed by atoms with Gasteiger partial charge in [-0.1, -0.05) is 13.5 Å². The molecule has 0 aliphatic carbocycles. The lowest BCUT2D eigenvalue weighted by Crippen LogP contribution is -2.05. The fraction of sp³-hybridized carbons (Fsp3) is 0.556. The lowest BCUT2D eigenvalue weighted by Gasteiger charge is -2.00. The molecule has 0 radical (unpaired) electrons. The molecule has 0 aromatic carbocycles. The summed E-state index contributed by atoms with van der Waals surface area (Å²) >= 11 is 0. The number of rotatable bonds is 6. The van der Waals surface area contributed by atoms with Crippen LogP contribution in [0.25, 0.3) is 0 Å². The van der Waals surface area contributed by atoms with Crippen LogP contribution in [0.3, 0.4) is 0 Å². The highest BCUT2D eigenvalue weighted by Crippen LogP contribution is 1.94. The predicted octanol–water partition coefficient (Wildman–Crippen LogP) is 1.47. The summed E-state index contributed by atoms with van der Waals surface area (Å²) in [4.78, 5) is 21.3. The normalized spacial score (nSPS) is 9.08. The summed E-state index contributed by atoms with van der Waals surface area (Å²) in [5.74, 6) is -0.233. The number of allylic oxidation sites excluding steroid dienone is 1. The molecule has 0 unspecified atom stereocenters. The molecule has 0 aromatic rings. The van der Waals surface area contributed by atoms with Crippen LogP contribution < -0.4 is 0 Å². The third kappa shape index (κ3) is 5.65. The first-order valence-corrected chi connectivity index (χ1v) is 4.01. The molecule has 0 spiro atoms. The van der Waals surface area contributed by atoms with E-state index in [0.717, 1.165) is 0 Å². The fourth-order valence-electron chi connectivity index (χ4n) is 0.637. The van der Waals surface area contributed by atoms with Crippen LogP contribution in [-0.4, -0.2) is 18.4 Å². The second-order valence-corrected chi connectivity index (χ2v) is 2.35. The Labute approximate surface area is 72.4 Å². The third-order valence-corrected chi connectivity index (χ3v) is 1.35. The molecule has 12 heavy (non-hydrogen) atoms. The van der Waals surface area contributed by atoms with Gasteiger partial charge in [-0.3, -0.25) is 9.59 Å². The Hall–Kier alpha value is -1.12. The Balaban J connectivity index is 3.27. The first kappa shape index (κ1) is 10.9. The Morgan fingerprint density at radius 3 is 2.67 bits per heavy atom. The minimum atomic E-state index is -0.221. The topological polar surface area (TPSA) is 43.4 Å². The van der Waals surface area contributed by atoms with Crippen LogP contribution in [0.4, 0.5) is 0 Å². The van der Waals surface area contributed by atoms with Crippen molar-refractivity contribution in [3.63, 3.8) is 0 Å². The van der Waals surface area contributed by atoms with Crippen molar-refractivity contribution in [1.29, 1.82) is 0 Å². The molecule has 0 atom stereocenters. The van der Waals surface area contributed by atoms with E-state index in [9.17, 15) is 9.59 Å². The average molecular weight is 170 g/mol. The summed E-state index contributed by atoms with van der Waals surface area (Å²) < 4.78 is 4.76. The summed E-state index contributed by atoms with van der Waals surface area (Å²) in [7, 11) is 0. The largest absolute Gasteiger partial charge is 0.466 e. The zero-order valence-electron chi connectivity index (χ0n) is 7.34. The Kier molecular flexibility index (Phi) is 5.97. The van der Waals surface area contributed by atoms with E-state index in [1.807, 2.05) is 0 Å². The molecule has 68 valence electrons. The highest BCUT2D eigenvalue weighted by Gasteiger charge is 1.99. The minimum Gasteiger partial charge on any atom is -0.466 e. The van der Waals surface area contributed by atoms with E-state index in [1.54, 1.807) is 6.92 Å². The average Bonchev–Trinajstić information content (AvgIpc) is 2.11. The monoisotopic (exact) mass is 170 g/mol. The van der Waals surface area contributed by atoms with Gasteiger partial charge in [-0.15, -0.1) is 0 Å². The van der Waals surface area contributed by atoms with Crippen LogP contribution in [0.15, 0.2) is 12.7 Å². The van der Waals surface area contributed by atoms with Crippen molar-refractivity contribution in [3.8, 4) is 0 Å². The van der Waals surface area contributed by atoms with E-state index < -0.39 is 0 Å². The van der Waals surface area contributed by atoms with Crippen molar-refractivity contribution in [2.24, 2.45) is 0 Å². The zero-order chi connectivity index (χ0) is 9.40. The van der Waals surface area contributed by atoms with Gasteiger partial charge in [0.15, 0.2) is 5.78 Å². The molecule has 3 nitrogen and oxygen atoms in total. The SMILES string of the molecule is C=CC(=O)CCCOC(=O)CC. The smallest absolute Gasteiger partial charge is 0.305 e. The van der Waals surface area contributed by atoms with Crippen molar-refractivity contribution in [2.45, 2.75) is 26.2 Å². The molecule has 0 amide bonds. The predicted molar refractivity (Wildman–Crippen MR) is 45.7 cm³/mol. The first-order valence-electron chi connectivity index (χ1n) is 4.01. The lowest BCUT2D eigenvalue weighted by atomic mass is 10.2. The van der Waals surface area contributed by atoms with Gasteiger partial charge in [0.2, 0.25) is 0 Å². The molecule has 0 aliphatic heterocycles. The summed E-state index contributed by atoms with van der Waals surface area (Å²) in [5.41, 5.74) is 0. The van der Waals surface area contributed by atoms with Crippen LogP contribution in [-0.2, 0) is 14.3 Å². The van der Waals surface area contributed by atoms with Crippen LogP contribution in [0.5, 0.6) is 0 Å². The highest BCUT2D eigenvalue weighted by atomic mass is 16.5. The van der Waals surface area contributed by atoms with Crippen molar-refractivity contribution in [1.82, 2.24) is 0 Å². The molecule has 0 aliphatic rings. The molecule has 0 saturated heterocycles. The Bertz CT molecular complexity index is 173. The van der Waals surface area contributed by atoms with Gasteiger partial charge in [-0.25, -0.2) is 0 Å². The van der Waals surface area contributed by atoms with Gasteiger partial charge in [0, 0.05) is 12.8 Å². The van der Waals surface area contributed by atoms with Crippen molar-refractivity contribution in [3.05, 3.63) is 12.7 Å². The van der Waals surface area contributed by atoms with E-state index in [2.05, 4.69) is 6.58 Å². The first-order chi connectivity index (χ1) is 5.70. The van der Waals surface area contributed by atoms with E-state index in [-0.39, 0.29) is 11.8 Å². The second kappa shape index (κ2) is 6.58. The molecule has 0 heterocycles. The Morgan fingerprint density at radius 1 is 1.50 bits per heavy atom. The van der Waals surface area contributed by atoms with Gasteiger partial charge in [-0.2, -0.15) is 0 Å². The molecule has 0 aromatic heterocycles. The summed E-state index contributed by atoms with van der Waals surface area (Å²) in [6.45, 7) is 5.39. The van der Waals surface area contributed by atoms with Gasteiger partial charge in [0.25, 0.3) is 0 Å². The van der Waals surface area contributed by atoms with Gasteiger partial charge < -0.3 is 4.74 Å². The second-order valence-electron chi connectivity index (χ2n) is 2.35. The van der Waals surface area contributed by atoms with Gasteiger partial charge in [0.1, 0.15) is 0 Å². The van der Waals surface area contributed by atoms with Gasteiger partial charge in [0.05, 0.1) is 6.61 Å².